The molecule has 2 aromatic rings. The minimum Gasteiger partial charge on any atom is -0.493 e. The van der Waals surface area contributed by atoms with Gasteiger partial charge in [0, 0.05) is 0 Å². The van der Waals surface area contributed by atoms with E-state index in [4.69, 9.17) is 26.2 Å². The number of ether oxygens (including phenoxy) is 2. The first-order valence-corrected chi connectivity index (χ1v) is 8.38. The van der Waals surface area contributed by atoms with E-state index in [1.165, 1.54) is 26.4 Å². The molecule has 0 radical (unpaired) electrons. The van der Waals surface area contributed by atoms with Crippen LogP contribution in [0, 0.1) is 5.82 Å². The van der Waals surface area contributed by atoms with E-state index in [0.717, 1.165) is 6.07 Å². The van der Waals surface area contributed by atoms with Crippen LogP contribution in [0.2, 0.25) is 5.02 Å². The molecule has 1 unspecified atom stereocenters. The molecule has 2 aromatic carbocycles. The van der Waals surface area contributed by atoms with Crippen LogP contribution >= 0.6 is 11.6 Å². The lowest BCUT2D eigenvalue weighted by Crippen LogP contribution is -2.31. The fraction of sp³-hybridized carbons (Fsp3) is 0.263. The summed E-state index contributed by atoms with van der Waals surface area (Å²) < 4.78 is 24.0. The van der Waals surface area contributed by atoms with Gasteiger partial charge in [0.25, 0.3) is 0 Å². The summed E-state index contributed by atoms with van der Waals surface area (Å²) in [4.78, 5) is 23.5. The van der Waals surface area contributed by atoms with Crippen molar-refractivity contribution >= 4 is 23.5 Å². The Bertz CT molecular complexity index is 843. The highest BCUT2D eigenvalue weighted by Gasteiger charge is 2.20. The number of carbonyl (C=O) groups is 2. The minimum atomic E-state index is -1.12. The number of nitrogens with one attached hydrogen (secondary N) is 1. The molecule has 144 valence electrons. The summed E-state index contributed by atoms with van der Waals surface area (Å²) in [6.07, 6.45) is -0.398. The zero-order valence-corrected chi connectivity index (χ0v) is 15.5. The van der Waals surface area contributed by atoms with Crippen LogP contribution in [-0.4, -0.2) is 31.2 Å². The van der Waals surface area contributed by atoms with Crippen molar-refractivity contribution in [2.75, 3.05) is 14.2 Å². The summed E-state index contributed by atoms with van der Waals surface area (Å²) in [7, 11) is 2.99. The predicted molar refractivity (Wildman–Crippen MR) is 97.8 cm³/mol. The van der Waals surface area contributed by atoms with Gasteiger partial charge in [-0.05, 0) is 35.4 Å². The Morgan fingerprint density at radius 2 is 1.85 bits per heavy atom. The summed E-state index contributed by atoms with van der Waals surface area (Å²) in [5.74, 6) is -1.21. The molecule has 0 heterocycles. The lowest BCUT2D eigenvalue weighted by molar-refractivity contribution is -0.137. The number of hydrogen-bond donors (Lipinski definition) is 2. The smallest absolute Gasteiger partial charge is 0.305 e. The molecule has 0 aliphatic heterocycles. The van der Waals surface area contributed by atoms with Gasteiger partial charge in [-0.15, -0.1) is 0 Å². The van der Waals surface area contributed by atoms with Gasteiger partial charge in [-0.2, -0.15) is 0 Å². The second-order valence-corrected chi connectivity index (χ2v) is 6.16. The van der Waals surface area contributed by atoms with Crippen molar-refractivity contribution in [3.05, 3.63) is 58.4 Å². The molecule has 0 saturated heterocycles. The highest BCUT2D eigenvalue weighted by molar-refractivity contribution is 6.30. The Morgan fingerprint density at radius 3 is 2.44 bits per heavy atom. The van der Waals surface area contributed by atoms with Crippen LogP contribution in [0.4, 0.5) is 4.39 Å². The standard InChI is InChI=1S/C19H19ClFNO5/c1-26-16-6-3-11(7-17(16)27-2)8-18(23)22-15(10-19(24)25)12-4-5-13(20)14(21)9-12/h3-7,9,15H,8,10H2,1-2H3,(H,22,23)(H,24,25). The van der Waals surface area contributed by atoms with Crippen molar-refractivity contribution in [2.45, 2.75) is 18.9 Å². The number of benzene rings is 2. The topological polar surface area (TPSA) is 84.9 Å². The predicted octanol–water partition coefficient (Wildman–Crippen LogP) is 3.37. The summed E-state index contributed by atoms with van der Waals surface area (Å²) in [6, 6.07) is 8.07. The van der Waals surface area contributed by atoms with E-state index in [1.807, 2.05) is 0 Å². The number of aliphatic carboxylic acids is 1. The van der Waals surface area contributed by atoms with E-state index in [-0.39, 0.29) is 11.4 Å². The maximum atomic E-state index is 13.7. The number of methoxy groups -OCH3 is 2. The molecule has 27 heavy (non-hydrogen) atoms. The van der Waals surface area contributed by atoms with Gasteiger partial charge >= 0.3 is 5.97 Å². The molecule has 0 aliphatic carbocycles. The lowest BCUT2D eigenvalue weighted by Gasteiger charge is -2.18. The van der Waals surface area contributed by atoms with E-state index >= 15 is 0 Å². The van der Waals surface area contributed by atoms with E-state index in [9.17, 15) is 14.0 Å². The quantitative estimate of drug-likeness (QED) is 0.715. The average Bonchev–Trinajstić information content (AvgIpc) is 2.62. The van der Waals surface area contributed by atoms with Gasteiger partial charge in [0.15, 0.2) is 11.5 Å². The highest BCUT2D eigenvalue weighted by atomic mass is 35.5. The molecule has 0 bridgehead atoms. The Hall–Kier alpha value is -2.80. The monoisotopic (exact) mass is 395 g/mol. The van der Waals surface area contributed by atoms with Crippen LogP contribution in [-0.2, 0) is 16.0 Å². The summed E-state index contributed by atoms with van der Waals surface area (Å²) in [5, 5.41) is 11.6. The molecule has 0 aliphatic rings. The SMILES string of the molecule is COc1ccc(CC(=O)NC(CC(=O)O)c2ccc(Cl)c(F)c2)cc1OC. The van der Waals surface area contributed by atoms with Gasteiger partial charge in [-0.3, -0.25) is 9.59 Å². The molecule has 0 saturated carbocycles. The zero-order valence-electron chi connectivity index (χ0n) is 14.8. The number of halogens is 2. The van der Waals surface area contributed by atoms with Gasteiger partial charge < -0.3 is 19.9 Å². The number of carboxylic acids is 1. The van der Waals surface area contributed by atoms with Gasteiger partial charge in [0.2, 0.25) is 5.91 Å². The Morgan fingerprint density at radius 1 is 1.15 bits per heavy atom. The molecular formula is C19H19ClFNO5. The minimum absolute atomic E-state index is 0.00740. The second-order valence-electron chi connectivity index (χ2n) is 5.76. The lowest BCUT2D eigenvalue weighted by atomic mass is 10.0. The number of carboxylic acid groups (broad SMARTS) is 1. The molecule has 0 aromatic heterocycles. The van der Waals surface area contributed by atoms with E-state index < -0.39 is 30.2 Å². The third kappa shape index (κ3) is 5.59. The summed E-state index contributed by atoms with van der Waals surface area (Å²) in [6.45, 7) is 0. The molecular weight excluding hydrogens is 377 g/mol. The number of rotatable bonds is 8. The molecule has 2 N–H and O–H groups in total. The van der Waals surface area contributed by atoms with Crippen LogP contribution in [0.1, 0.15) is 23.6 Å². The van der Waals surface area contributed by atoms with Gasteiger partial charge in [-0.25, -0.2) is 4.39 Å². The Kier molecular flexibility index (Phi) is 7.01. The van der Waals surface area contributed by atoms with Crippen LogP contribution in [0.25, 0.3) is 0 Å². The van der Waals surface area contributed by atoms with Crippen molar-refractivity contribution in [1.82, 2.24) is 5.32 Å². The molecule has 6 nitrogen and oxygen atoms in total. The fourth-order valence-electron chi connectivity index (χ4n) is 2.58. The maximum Gasteiger partial charge on any atom is 0.305 e. The molecule has 1 amide bonds. The highest BCUT2D eigenvalue weighted by Crippen LogP contribution is 2.28. The summed E-state index contributed by atoms with van der Waals surface area (Å²) in [5.41, 5.74) is 0.974. The number of amides is 1. The van der Waals surface area contributed by atoms with Crippen molar-refractivity contribution in [1.29, 1.82) is 0 Å². The summed E-state index contributed by atoms with van der Waals surface area (Å²) >= 11 is 5.66. The van der Waals surface area contributed by atoms with E-state index in [1.54, 1.807) is 18.2 Å². The van der Waals surface area contributed by atoms with E-state index in [2.05, 4.69) is 5.32 Å². The Labute approximate surface area is 160 Å². The van der Waals surface area contributed by atoms with Crippen LogP contribution in [0.5, 0.6) is 11.5 Å². The molecule has 0 spiro atoms. The Balaban J connectivity index is 2.16. The van der Waals surface area contributed by atoms with Crippen molar-refractivity contribution in [2.24, 2.45) is 0 Å². The maximum absolute atomic E-state index is 13.7. The van der Waals surface area contributed by atoms with Crippen molar-refractivity contribution in [3.8, 4) is 11.5 Å². The first-order valence-electron chi connectivity index (χ1n) is 8.01. The van der Waals surface area contributed by atoms with Gasteiger partial charge in [-0.1, -0.05) is 23.7 Å². The largest absolute Gasteiger partial charge is 0.493 e. The normalized spacial score (nSPS) is 11.6. The molecule has 1 atom stereocenters. The number of carbonyl (C=O) groups excluding carboxylic acids is 1. The van der Waals surface area contributed by atoms with E-state index in [0.29, 0.717) is 22.6 Å². The average molecular weight is 396 g/mol. The van der Waals surface area contributed by atoms with Gasteiger partial charge in [0.1, 0.15) is 5.82 Å². The van der Waals surface area contributed by atoms with Crippen molar-refractivity contribution in [3.63, 3.8) is 0 Å². The third-order valence-electron chi connectivity index (χ3n) is 3.87. The first kappa shape index (κ1) is 20.5. The molecule has 0 fully saturated rings. The van der Waals surface area contributed by atoms with Crippen LogP contribution < -0.4 is 14.8 Å². The molecule has 2 rings (SSSR count). The second kappa shape index (κ2) is 9.23. The fourth-order valence-corrected chi connectivity index (χ4v) is 2.69. The third-order valence-corrected chi connectivity index (χ3v) is 4.18. The first-order chi connectivity index (χ1) is 12.8. The zero-order chi connectivity index (χ0) is 20.0. The van der Waals surface area contributed by atoms with Crippen LogP contribution in [0.15, 0.2) is 36.4 Å². The van der Waals surface area contributed by atoms with Crippen molar-refractivity contribution < 1.29 is 28.6 Å². The van der Waals surface area contributed by atoms with Gasteiger partial charge in [0.05, 0.1) is 38.1 Å². The molecule has 8 heteroatoms. The van der Waals surface area contributed by atoms with Crippen LogP contribution in [0.3, 0.4) is 0 Å². The number of hydrogen-bond acceptors (Lipinski definition) is 4.